The highest BCUT2D eigenvalue weighted by atomic mass is 32.1. The first-order valence-corrected chi connectivity index (χ1v) is 7.74. The summed E-state index contributed by atoms with van der Waals surface area (Å²) in [7, 11) is 4.23. The highest BCUT2D eigenvalue weighted by Gasteiger charge is 2.24. The van der Waals surface area contributed by atoms with Gasteiger partial charge in [-0.1, -0.05) is 6.92 Å². The highest BCUT2D eigenvalue weighted by Crippen LogP contribution is 2.27. The van der Waals surface area contributed by atoms with Crippen molar-refractivity contribution in [2.75, 3.05) is 19.0 Å². The summed E-state index contributed by atoms with van der Waals surface area (Å²) in [6.45, 7) is 2.17. The fourth-order valence-electron chi connectivity index (χ4n) is 2.62. The summed E-state index contributed by atoms with van der Waals surface area (Å²) in [6, 6.07) is 1.34. The average molecular weight is 268 g/mol. The number of rotatable bonds is 5. The Kier molecular flexibility index (Phi) is 4.95. The van der Waals surface area contributed by atoms with Crippen LogP contribution in [0.1, 0.15) is 44.9 Å². The van der Waals surface area contributed by atoms with E-state index < -0.39 is 0 Å². The first-order chi connectivity index (χ1) is 8.74. The van der Waals surface area contributed by atoms with E-state index in [-0.39, 0.29) is 0 Å². The van der Waals surface area contributed by atoms with Gasteiger partial charge in [-0.15, -0.1) is 0 Å². The van der Waals surface area contributed by atoms with Crippen molar-refractivity contribution < 1.29 is 0 Å². The molecule has 1 fully saturated rings. The zero-order valence-electron chi connectivity index (χ0n) is 11.6. The van der Waals surface area contributed by atoms with Crippen LogP contribution in [0, 0.1) is 0 Å². The summed E-state index contributed by atoms with van der Waals surface area (Å²) in [4.78, 5) is 6.97. The molecule has 1 aromatic rings. The standard InChI is InChI=1S/C13H24N4S/c1-4-5-12-15-13(18-16-12)17(3)11-8-6-10(14-2)7-9-11/h10-11,14H,4-9H2,1-3H3. The van der Waals surface area contributed by atoms with Crippen molar-refractivity contribution in [3.63, 3.8) is 0 Å². The molecule has 1 N–H and O–H groups in total. The first-order valence-electron chi connectivity index (χ1n) is 6.97. The van der Waals surface area contributed by atoms with Crippen LogP contribution >= 0.6 is 11.5 Å². The smallest absolute Gasteiger partial charge is 0.205 e. The number of nitrogens with one attached hydrogen (secondary N) is 1. The monoisotopic (exact) mass is 268 g/mol. The van der Waals surface area contributed by atoms with E-state index in [9.17, 15) is 0 Å². The van der Waals surface area contributed by atoms with Crippen LogP contribution in [0.2, 0.25) is 0 Å². The van der Waals surface area contributed by atoms with Gasteiger partial charge in [-0.05, 0) is 39.2 Å². The zero-order chi connectivity index (χ0) is 13.0. The third kappa shape index (κ3) is 3.20. The first kappa shape index (κ1) is 13.7. The van der Waals surface area contributed by atoms with Gasteiger partial charge in [0, 0.05) is 37.1 Å². The normalized spacial score (nSPS) is 24.2. The Labute approximate surface area is 114 Å². The Morgan fingerprint density at radius 2 is 2.06 bits per heavy atom. The molecule has 2 rings (SSSR count). The Morgan fingerprint density at radius 1 is 1.33 bits per heavy atom. The molecule has 0 radical (unpaired) electrons. The fraction of sp³-hybridized carbons (Fsp3) is 0.846. The van der Waals surface area contributed by atoms with E-state index >= 15 is 0 Å². The molecule has 102 valence electrons. The quantitative estimate of drug-likeness (QED) is 0.890. The minimum Gasteiger partial charge on any atom is -0.347 e. The topological polar surface area (TPSA) is 41.1 Å². The van der Waals surface area contributed by atoms with Gasteiger partial charge in [0.15, 0.2) is 0 Å². The molecule has 0 amide bonds. The average Bonchev–Trinajstić information content (AvgIpc) is 2.87. The molecule has 1 heterocycles. The van der Waals surface area contributed by atoms with Gasteiger partial charge in [-0.2, -0.15) is 4.37 Å². The van der Waals surface area contributed by atoms with E-state index in [1.165, 1.54) is 25.7 Å². The third-order valence-electron chi connectivity index (χ3n) is 3.89. The molecular weight excluding hydrogens is 244 g/mol. The Morgan fingerprint density at radius 3 is 2.67 bits per heavy atom. The molecular formula is C13H24N4S. The molecule has 0 unspecified atom stereocenters. The molecule has 1 aliphatic carbocycles. The summed E-state index contributed by atoms with van der Waals surface area (Å²) < 4.78 is 4.43. The van der Waals surface area contributed by atoms with E-state index in [4.69, 9.17) is 0 Å². The van der Waals surface area contributed by atoms with E-state index in [0.717, 1.165) is 23.8 Å². The molecule has 1 saturated carbocycles. The molecule has 5 heteroatoms. The molecule has 0 spiro atoms. The lowest BCUT2D eigenvalue weighted by atomic mass is 9.91. The number of anilines is 1. The number of aromatic nitrogens is 2. The summed E-state index contributed by atoms with van der Waals surface area (Å²) in [5.41, 5.74) is 0. The SMILES string of the molecule is CCCc1nsc(N(C)C2CCC(NC)CC2)n1. The lowest BCUT2D eigenvalue weighted by Gasteiger charge is -2.34. The van der Waals surface area contributed by atoms with Crippen LogP contribution in [0.5, 0.6) is 0 Å². The maximum Gasteiger partial charge on any atom is 0.205 e. The van der Waals surface area contributed by atoms with Crippen LogP contribution in [0.15, 0.2) is 0 Å². The molecule has 1 aliphatic rings. The van der Waals surface area contributed by atoms with Crippen molar-refractivity contribution in [2.24, 2.45) is 0 Å². The molecule has 0 bridgehead atoms. The number of aryl methyl sites for hydroxylation is 1. The summed E-state index contributed by atoms with van der Waals surface area (Å²) in [5.74, 6) is 1.01. The van der Waals surface area contributed by atoms with Crippen LogP contribution in [-0.4, -0.2) is 35.5 Å². The number of nitrogens with zero attached hydrogens (tertiary/aromatic N) is 3. The zero-order valence-corrected chi connectivity index (χ0v) is 12.5. The van der Waals surface area contributed by atoms with Crippen LogP contribution in [-0.2, 0) is 6.42 Å². The van der Waals surface area contributed by atoms with E-state index in [1.54, 1.807) is 11.5 Å². The van der Waals surface area contributed by atoms with Crippen LogP contribution in [0.25, 0.3) is 0 Å². The molecule has 0 aliphatic heterocycles. The van der Waals surface area contributed by atoms with Crippen LogP contribution in [0.3, 0.4) is 0 Å². The van der Waals surface area contributed by atoms with Crippen molar-refractivity contribution in [1.29, 1.82) is 0 Å². The second kappa shape index (κ2) is 6.48. The van der Waals surface area contributed by atoms with Gasteiger partial charge in [0.05, 0.1) is 0 Å². The maximum absolute atomic E-state index is 4.63. The van der Waals surface area contributed by atoms with Gasteiger partial charge in [-0.3, -0.25) is 0 Å². The van der Waals surface area contributed by atoms with Crippen LogP contribution < -0.4 is 10.2 Å². The Balaban J connectivity index is 1.92. The lowest BCUT2D eigenvalue weighted by Crippen LogP contribution is -2.39. The van der Waals surface area contributed by atoms with Crippen LogP contribution in [0.4, 0.5) is 5.13 Å². The molecule has 0 aromatic carbocycles. The van der Waals surface area contributed by atoms with Gasteiger partial charge in [0.25, 0.3) is 0 Å². The van der Waals surface area contributed by atoms with Crippen molar-refractivity contribution in [2.45, 2.75) is 57.5 Å². The van der Waals surface area contributed by atoms with E-state index in [2.05, 4.69) is 40.6 Å². The number of hydrogen-bond acceptors (Lipinski definition) is 5. The van der Waals surface area contributed by atoms with E-state index in [1.807, 2.05) is 0 Å². The van der Waals surface area contributed by atoms with E-state index in [0.29, 0.717) is 12.1 Å². The minimum atomic E-state index is 0.636. The molecule has 0 saturated heterocycles. The minimum absolute atomic E-state index is 0.636. The summed E-state index contributed by atoms with van der Waals surface area (Å²) >= 11 is 1.55. The molecule has 0 atom stereocenters. The maximum atomic E-state index is 4.63. The van der Waals surface area contributed by atoms with Gasteiger partial charge < -0.3 is 10.2 Å². The summed E-state index contributed by atoms with van der Waals surface area (Å²) in [6.07, 6.45) is 7.16. The van der Waals surface area contributed by atoms with Gasteiger partial charge in [0.1, 0.15) is 5.82 Å². The predicted molar refractivity (Wildman–Crippen MR) is 77.4 cm³/mol. The van der Waals surface area contributed by atoms with Crippen molar-refractivity contribution in [3.05, 3.63) is 5.82 Å². The predicted octanol–water partition coefficient (Wildman–Crippen LogP) is 2.46. The van der Waals surface area contributed by atoms with Crippen molar-refractivity contribution >= 4 is 16.7 Å². The van der Waals surface area contributed by atoms with Crippen molar-refractivity contribution in [3.8, 4) is 0 Å². The van der Waals surface area contributed by atoms with Crippen molar-refractivity contribution in [1.82, 2.24) is 14.7 Å². The highest BCUT2D eigenvalue weighted by molar-refractivity contribution is 7.09. The van der Waals surface area contributed by atoms with Gasteiger partial charge >= 0.3 is 0 Å². The van der Waals surface area contributed by atoms with Gasteiger partial charge in [0.2, 0.25) is 5.13 Å². The lowest BCUT2D eigenvalue weighted by molar-refractivity contribution is 0.351. The largest absolute Gasteiger partial charge is 0.347 e. The third-order valence-corrected chi connectivity index (χ3v) is 4.73. The summed E-state index contributed by atoms with van der Waals surface area (Å²) in [5, 5.41) is 4.47. The second-order valence-corrected chi connectivity index (χ2v) is 5.88. The fourth-order valence-corrected chi connectivity index (χ4v) is 3.36. The number of hydrogen-bond donors (Lipinski definition) is 1. The molecule has 18 heavy (non-hydrogen) atoms. The second-order valence-electron chi connectivity index (χ2n) is 5.15. The Hall–Kier alpha value is -0.680. The van der Waals surface area contributed by atoms with Gasteiger partial charge in [-0.25, -0.2) is 4.98 Å². The Bertz CT molecular complexity index is 358. The molecule has 1 aromatic heterocycles. The molecule has 4 nitrogen and oxygen atoms in total.